The van der Waals surface area contributed by atoms with E-state index in [2.05, 4.69) is 22.9 Å². The van der Waals surface area contributed by atoms with Crippen LogP contribution in [0.1, 0.15) is 29.5 Å². The van der Waals surface area contributed by atoms with Crippen molar-refractivity contribution in [2.45, 2.75) is 31.5 Å². The van der Waals surface area contributed by atoms with Crippen molar-refractivity contribution in [3.05, 3.63) is 95.6 Å². The molecule has 38 heavy (non-hydrogen) atoms. The normalized spacial score (nSPS) is 13.8. The molecule has 2 amide bonds. The maximum absolute atomic E-state index is 12.9. The number of carboxylic acids is 1. The Hall–Kier alpha value is -4.21. The van der Waals surface area contributed by atoms with Crippen molar-refractivity contribution in [2.24, 2.45) is 0 Å². The monoisotopic (exact) mass is 517 g/mol. The first-order valence-electron chi connectivity index (χ1n) is 12.4. The highest BCUT2D eigenvalue weighted by atomic mass is 16.7. The minimum absolute atomic E-state index is 0.0978. The number of hydrogen-bond donors (Lipinski definition) is 3. The third-order valence-electron chi connectivity index (χ3n) is 6.43. The molecular weight excluding hydrogens is 486 g/mol. The smallest absolute Gasteiger partial charge is 0.407 e. The van der Waals surface area contributed by atoms with E-state index < -0.39 is 30.1 Å². The molecule has 9 nitrogen and oxygen atoms in total. The summed E-state index contributed by atoms with van der Waals surface area (Å²) < 4.78 is 5.60. The van der Waals surface area contributed by atoms with Crippen LogP contribution >= 0.6 is 0 Å². The fraction of sp³-hybridized carbons (Fsp3) is 0.276. The molecule has 0 saturated heterocycles. The lowest BCUT2D eigenvalue weighted by molar-refractivity contribution is -0.159. The number of alkyl carbamates (subject to hydrolysis) is 1. The van der Waals surface area contributed by atoms with E-state index in [1.807, 2.05) is 78.7 Å². The number of benzene rings is 3. The second-order valence-corrected chi connectivity index (χ2v) is 9.27. The second-order valence-electron chi connectivity index (χ2n) is 9.27. The van der Waals surface area contributed by atoms with Gasteiger partial charge in [0.1, 0.15) is 12.6 Å². The van der Waals surface area contributed by atoms with Crippen molar-refractivity contribution >= 4 is 18.0 Å². The number of fused-ring (bicyclic) bond motifs is 3. The van der Waals surface area contributed by atoms with Crippen molar-refractivity contribution in [2.75, 3.05) is 20.2 Å². The molecule has 3 N–H and O–H groups in total. The van der Waals surface area contributed by atoms with Gasteiger partial charge in [0.05, 0.1) is 0 Å². The predicted octanol–water partition coefficient (Wildman–Crippen LogP) is 3.55. The molecule has 4 rings (SSSR count). The number of carbonyl (C=O) groups is 3. The molecule has 2 unspecified atom stereocenters. The van der Waals surface area contributed by atoms with E-state index in [4.69, 9.17) is 14.7 Å². The molecule has 2 atom stereocenters. The Balaban J connectivity index is 1.41. The van der Waals surface area contributed by atoms with E-state index in [9.17, 15) is 14.4 Å². The van der Waals surface area contributed by atoms with Crippen LogP contribution in [-0.4, -0.2) is 60.3 Å². The van der Waals surface area contributed by atoms with Gasteiger partial charge < -0.3 is 15.2 Å². The van der Waals surface area contributed by atoms with Crippen LogP contribution in [0.15, 0.2) is 78.9 Å². The summed E-state index contributed by atoms with van der Waals surface area (Å²) in [6.07, 6.45) is -2.01. The number of hydroxylamine groups is 1. The maximum Gasteiger partial charge on any atom is 0.407 e. The Morgan fingerprint density at radius 3 is 2.11 bits per heavy atom. The molecular formula is C29H31N3O6. The molecule has 198 valence electrons. The average Bonchev–Trinajstić information content (AvgIpc) is 3.24. The summed E-state index contributed by atoms with van der Waals surface area (Å²) in [5.74, 6) is -2.04. The number of aliphatic carboxylic acids is 1. The van der Waals surface area contributed by atoms with Crippen molar-refractivity contribution in [1.29, 1.82) is 0 Å². The first-order valence-corrected chi connectivity index (χ1v) is 12.4. The summed E-state index contributed by atoms with van der Waals surface area (Å²) in [4.78, 5) is 43.6. The molecule has 0 radical (unpaired) electrons. The molecule has 3 aromatic carbocycles. The number of ether oxygens (including phenoxy) is 1. The number of nitrogens with zero attached hydrogens (tertiary/aromatic N) is 1. The summed E-state index contributed by atoms with van der Waals surface area (Å²) >= 11 is 0. The van der Waals surface area contributed by atoms with Crippen LogP contribution in [0.2, 0.25) is 0 Å². The van der Waals surface area contributed by atoms with E-state index in [0.29, 0.717) is 6.54 Å². The zero-order valence-electron chi connectivity index (χ0n) is 21.3. The third kappa shape index (κ3) is 6.56. The van der Waals surface area contributed by atoms with Gasteiger partial charge in [0, 0.05) is 19.0 Å². The van der Waals surface area contributed by atoms with Gasteiger partial charge in [-0.2, -0.15) is 0 Å². The molecule has 9 heteroatoms. The zero-order chi connectivity index (χ0) is 27.1. The summed E-state index contributed by atoms with van der Waals surface area (Å²) in [5.41, 5.74) is 7.56. The van der Waals surface area contributed by atoms with Gasteiger partial charge in [0.15, 0.2) is 6.10 Å². The first-order chi connectivity index (χ1) is 18.3. The minimum atomic E-state index is -1.25. The highest BCUT2D eigenvalue weighted by Gasteiger charge is 2.30. The molecule has 0 fully saturated rings. The van der Waals surface area contributed by atoms with Gasteiger partial charge in [0.2, 0.25) is 0 Å². The molecule has 3 aromatic rings. The third-order valence-corrected chi connectivity index (χ3v) is 6.43. The van der Waals surface area contributed by atoms with Crippen LogP contribution in [0, 0.1) is 0 Å². The lowest BCUT2D eigenvalue weighted by Crippen LogP contribution is -2.52. The van der Waals surface area contributed by atoms with Gasteiger partial charge in [-0.15, -0.1) is 0 Å². The molecule has 0 heterocycles. The largest absolute Gasteiger partial charge is 0.479 e. The van der Waals surface area contributed by atoms with Crippen LogP contribution in [-0.2, 0) is 25.7 Å². The SMILES string of the molecule is CC(ONC(=O)C(CN(C)Cc1ccccc1)NC(=O)OCC1c2ccccc2-c2ccccc21)C(=O)O. The number of carbonyl (C=O) groups excluding carboxylic acids is 2. The van der Waals surface area contributed by atoms with E-state index in [1.54, 1.807) is 0 Å². The van der Waals surface area contributed by atoms with Crippen molar-refractivity contribution in [3.8, 4) is 11.1 Å². The summed E-state index contributed by atoms with van der Waals surface area (Å²) in [6.45, 7) is 2.05. The Morgan fingerprint density at radius 1 is 0.921 bits per heavy atom. The highest BCUT2D eigenvalue weighted by molar-refractivity contribution is 5.85. The molecule has 0 bridgehead atoms. The summed E-state index contributed by atoms with van der Waals surface area (Å²) in [6, 6.07) is 24.6. The molecule has 1 aliphatic carbocycles. The van der Waals surface area contributed by atoms with Crippen LogP contribution in [0.4, 0.5) is 4.79 Å². The number of likely N-dealkylation sites (N-methyl/N-ethyl adjacent to an activating group) is 1. The highest BCUT2D eigenvalue weighted by Crippen LogP contribution is 2.44. The summed E-state index contributed by atoms with van der Waals surface area (Å²) in [7, 11) is 1.81. The fourth-order valence-electron chi connectivity index (χ4n) is 4.52. The van der Waals surface area contributed by atoms with Crippen LogP contribution < -0.4 is 10.8 Å². The first kappa shape index (κ1) is 26.8. The zero-order valence-corrected chi connectivity index (χ0v) is 21.3. The molecule has 0 saturated carbocycles. The van der Waals surface area contributed by atoms with E-state index in [0.717, 1.165) is 27.8 Å². The number of rotatable bonds is 11. The second kappa shape index (κ2) is 12.4. The van der Waals surface area contributed by atoms with E-state index in [-0.39, 0.29) is 19.1 Å². The molecule has 0 aliphatic heterocycles. The van der Waals surface area contributed by atoms with Crippen molar-refractivity contribution in [3.63, 3.8) is 0 Å². The van der Waals surface area contributed by atoms with Gasteiger partial charge in [-0.25, -0.2) is 15.1 Å². The number of amides is 2. The Bertz CT molecular complexity index is 1240. The Labute approximate surface area is 221 Å². The molecule has 0 spiro atoms. The van der Waals surface area contributed by atoms with Crippen LogP contribution in [0.5, 0.6) is 0 Å². The van der Waals surface area contributed by atoms with Crippen molar-refractivity contribution in [1.82, 2.24) is 15.7 Å². The van der Waals surface area contributed by atoms with E-state index >= 15 is 0 Å². The van der Waals surface area contributed by atoms with Gasteiger partial charge in [-0.05, 0) is 41.8 Å². The van der Waals surface area contributed by atoms with Crippen LogP contribution in [0.25, 0.3) is 11.1 Å². The van der Waals surface area contributed by atoms with Gasteiger partial charge in [0.25, 0.3) is 5.91 Å². The molecule has 0 aromatic heterocycles. The molecule has 1 aliphatic rings. The minimum Gasteiger partial charge on any atom is -0.479 e. The van der Waals surface area contributed by atoms with E-state index in [1.165, 1.54) is 6.92 Å². The lowest BCUT2D eigenvalue weighted by Gasteiger charge is -2.25. The van der Waals surface area contributed by atoms with Crippen LogP contribution in [0.3, 0.4) is 0 Å². The van der Waals surface area contributed by atoms with Gasteiger partial charge in [-0.1, -0.05) is 78.9 Å². The Kier molecular flexibility index (Phi) is 8.73. The van der Waals surface area contributed by atoms with Crippen molar-refractivity contribution < 1.29 is 29.1 Å². The standard InChI is InChI=1S/C29H31N3O6/c1-19(28(34)35)38-31-27(33)26(17-32(2)16-20-10-4-3-5-11-20)30-29(36)37-18-25-23-14-8-6-12-21(23)22-13-7-9-15-24(22)25/h3-15,19,25-26H,16-18H2,1-2H3,(H,30,36)(H,31,33)(H,34,35). The van der Waals surface area contributed by atoms with Gasteiger partial charge in [-0.3, -0.25) is 14.5 Å². The predicted molar refractivity (Wildman–Crippen MR) is 141 cm³/mol. The fourth-order valence-corrected chi connectivity index (χ4v) is 4.52. The number of carboxylic acid groups (broad SMARTS) is 1. The maximum atomic E-state index is 12.9. The lowest BCUT2D eigenvalue weighted by atomic mass is 9.98. The average molecular weight is 518 g/mol. The Morgan fingerprint density at radius 2 is 1.50 bits per heavy atom. The number of nitrogens with one attached hydrogen (secondary N) is 2. The van der Waals surface area contributed by atoms with Gasteiger partial charge >= 0.3 is 12.1 Å². The summed E-state index contributed by atoms with van der Waals surface area (Å²) in [5, 5.41) is 11.6. The number of hydrogen-bond acceptors (Lipinski definition) is 6. The topological polar surface area (TPSA) is 117 Å². The quantitative estimate of drug-likeness (QED) is 0.333.